The second kappa shape index (κ2) is 5.68. The number of nitrogens with zero attached hydrogens (tertiary/aromatic N) is 2. The summed E-state index contributed by atoms with van der Waals surface area (Å²) in [6.07, 6.45) is 3.60. The maximum atomic E-state index is 5.12. The minimum atomic E-state index is 0.883. The van der Waals surface area contributed by atoms with E-state index in [9.17, 15) is 0 Å². The van der Waals surface area contributed by atoms with Crippen molar-refractivity contribution in [3.8, 4) is 5.75 Å². The summed E-state index contributed by atoms with van der Waals surface area (Å²) < 4.78 is 5.12. The van der Waals surface area contributed by atoms with Gasteiger partial charge in [-0.05, 0) is 24.6 Å². The van der Waals surface area contributed by atoms with Crippen LogP contribution in [0.2, 0.25) is 0 Å². The van der Waals surface area contributed by atoms with E-state index in [1.807, 2.05) is 25.3 Å². The van der Waals surface area contributed by atoms with E-state index in [2.05, 4.69) is 22.1 Å². The first-order chi connectivity index (χ1) is 8.28. The highest BCUT2D eigenvalue weighted by Gasteiger charge is 1.98. The Morgan fingerprint density at radius 2 is 1.88 bits per heavy atom. The molecule has 0 saturated heterocycles. The van der Waals surface area contributed by atoms with E-state index in [0.717, 1.165) is 22.2 Å². The van der Waals surface area contributed by atoms with Gasteiger partial charge in [-0.25, -0.2) is 4.98 Å². The van der Waals surface area contributed by atoms with Crippen LogP contribution < -0.4 is 4.74 Å². The first kappa shape index (κ1) is 11.9. The topological polar surface area (TPSA) is 35.0 Å². The molecule has 88 valence electrons. The van der Waals surface area contributed by atoms with Crippen LogP contribution in [0, 0.1) is 6.92 Å². The van der Waals surface area contributed by atoms with Gasteiger partial charge in [-0.2, -0.15) is 0 Å². The lowest BCUT2D eigenvalue weighted by atomic mass is 10.2. The summed E-state index contributed by atoms with van der Waals surface area (Å²) in [5.74, 6) is 1.77. The zero-order valence-corrected chi connectivity index (χ0v) is 10.7. The van der Waals surface area contributed by atoms with Gasteiger partial charge >= 0.3 is 0 Å². The highest BCUT2D eigenvalue weighted by molar-refractivity contribution is 7.98. The highest BCUT2D eigenvalue weighted by atomic mass is 32.2. The van der Waals surface area contributed by atoms with Crippen LogP contribution in [0.3, 0.4) is 0 Å². The van der Waals surface area contributed by atoms with Crippen molar-refractivity contribution < 1.29 is 4.74 Å². The first-order valence-electron chi connectivity index (χ1n) is 5.32. The zero-order chi connectivity index (χ0) is 12.1. The molecule has 0 spiro atoms. The van der Waals surface area contributed by atoms with Gasteiger partial charge < -0.3 is 4.74 Å². The Morgan fingerprint density at radius 3 is 2.47 bits per heavy atom. The summed E-state index contributed by atoms with van der Waals surface area (Å²) >= 11 is 1.68. The molecular formula is C13H14N2OS. The molecular weight excluding hydrogens is 232 g/mol. The molecule has 0 bridgehead atoms. The quantitative estimate of drug-likeness (QED) is 0.777. The van der Waals surface area contributed by atoms with Gasteiger partial charge in [0.2, 0.25) is 0 Å². The first-order valence-corrected chi connectivity index (χ1v) is 6.31. The van der Waals surface area contributed by atoms with Gasteiger partial charge in [0, 0.05) is 11.9 Å². The monoisotopic (exact) mass is 246 g/mol. The van der Waals surface area contributed by atoms with Gasteiger partial charge in [0.25, 0.3) is 0 Å². The number of thioether (sulfide) groups is 1. The average molecular weight is 246 g/mol. The fraction of sp³-hybridized carbons (Fsp3) is 0.231. The molecule has 2 rings (SSSR count). The summed E-state index contributed by atoms with van der Waals surface area (Å²) in [6, 6.07) is 8.06. The van der Waals surface area contributed by atoms with Crippen molar-refractivity contribution in [2.45, 2.75) is 17.7 Å². The van der Waals surface area contributed by atoms with Crippen molar-refractivity contribution in [3.63, 3.8) is 0 Å². The van der Waals surface area contributed by atoms with E-state index >= 15 is 0 Å². The number of aromatic nitrogens is 2. The molecule has 0 atom stereocenters. The fourth-order valence-corrected chi connectivity index (χ4v) is 2.10. The van der Waals surface area contributed by atoms with Crippen LogP contribution in [0.4, 0.5) is 0 Å². The molecule has 0 N–H and O–H groups in total. The molecule has 0 aliphatic carbocycles. The predicted octanol–water partition coefficient (Wildman–Crippen LogP) is 3.09. The van der Waals surface area contributed by atoms with Gasteiger partial charge in [0.1, 0.15) is 10.8 Å². The van der Waals surface area contributed by atoms with E-state index in [4.69, 9.17) is 4.74 Å². The van der Waals surface area contributed by atoms with Crippen molar-refractivity contribution >= 4 is 11.8 Å². The third-order valence-electron chi connectivity index (χ3n) is 2.30. The normalized spacial score (nSPS) is 10.2. The molecule has 0 aliphatic heterocycles. The Balaban J connectivity index is 1.95. The third-order valence-corrected chi connectivity index (χ3v) is 3.29. The lowest BCUT2D eigenvalue weighted by Gasteiger charge is -2.03. The minimum absolute atomic E-state index is 0.883. The van der Waals surface area contributed by atoms with E-state index < -0.39 is 0 Å². The number of benzene rings is 1. The zero-order valence-electron chi connectivity index (χ0n) is 9.88. The molecule has 0 fully saturated rings. The highest BCUT2D eigenvalue weighted by Crippen LogP contribution is 2.21. The Bertz CT molecular complexity index is 468. The Morgan fingerprint density at radius 1 is 1.12 bits per heavy atom. The predicted molar refractivity (Wildman–Crippen MR) is 69.3 cm³/mol. The molecule has 0 radical (unpaired) electrons. The average Bonchev–Trinajstić information content (AvgIpc) is 2.39. The summed E-state index contributed by atoms with van der Waals surface area (Å²) in [5.41, 5.74) is 2.19. The molecule has 3 nitrogen and oxygen atoms in total. The lowest BCUT2D eigenvalue weighted by Crippen LogP contribution is -1.87. The summed E-state index contributed by atoms with van der Waals surface area (Å²) in [5, 5.41) is 0.950. The largest absolute Gasteiger partial charge is 0.497 e. The van der Waals surface area contributed by atoms with Crippen LogP contribution in [0.1, 0.15) is 11.3 Å². The van der Waals surface area contributed by atoms with Gasteiger partial charge in [-0.15, -0.1) is 11.8 Å². The molecule has 1 aromatic heterocycles. The number of hydrogen-bond donors (Lipinski definition) is 0. The summed E-state index contributed by atoms with van der Waals surface area (Å²) in [6.45, 7) is 1.94. The number of ether oxygens (including phenoxy) is 1. The number of rotatable bonds is 4. The molecule has 1 heterocycles. The summed E-state index contributed by atoms with van der Waals surface area (Å²) in [7, 11) is 1.67. The molecule has 0 saturated carbocycles. The maximum Gasteiger partial charge on any atom is 0.118 e. The number of methoxy groups -OCH3 is 1. The summed E-state index contributed by atoms with van der Waals surface area (Å²) in [4.78, 5) is 8.52. The van der Waals surface area contributed by atoms with Crippen LogP contribution >= 0.6 is 11.8 Å². The van der Waals surface area contributed by atoms with Crippen molar-refractivity contribution in [2.24, 2.45) is 0 Å². The van der Waals surface area contributed by atoms with Crippen molar-refractivity contribution in [1.82, 2.24) is 9.97 Å². The van der Waals surface area contributed by atoms with Crippen LogP contribution in [0.25, 0.3) is 0 Å². The van der Waals surface area contributed by atoms with Crippen LogP contribution in [-0.4, -0.2) is 17.1 Å². The second-order valence-electron chi connectivity index (χ2n) is 3.63. The molecule has 1 aromatic carbocycles. The van der Waals surface area contributed by atoms with Gasteiger partial charge in [0.05, 0.1) is 19.0 Å². The van der Waals surface area contributed by atoms with E-state index in [-0.39, 0.29) is 0 Å². The third kappa shape index (κ3) is 3.46. The van der Waals surface area contributed by atoms with Crippen molar-refractivity contribution in [2.75, 3.05) is 7.11 Å². The van der Waals surface area contributed by atoms with Gasteiger partial charge in [-0.3, -0.25) is 4.98 Å². The molecule has 2 aromatic rings. The van der Waals surface area contributed by atoms with E-state index in [1.165, 1.54) is 5.56 Å². The fourth-order valence-electron chi connectivity index (χ4n) is 1.33. The maximum absolute atomic E-state index is 5.12. The van der Waals surface area contributed by atoms with E-state index in [1.54, 1.807) is 25.1 Å². The van der Waals surface area contributed by atoms with Crippen LogP contribution in [-0.2, 0) is 5.75 Å². The van der Waals surface area contributed by atoms with Gasteiger partial charge in [0.15, 0.2) is 0 Å². The Kier molecular flexibility index (Phi) is 3.98. The van der Waals surface area contributed by atoms with Crippen LogP contribution in [0.5, 0.6) is 5.75 Å². The molecule has 17 heavy (non-hydrogen) atoms. The Hall–Kier alpha value is -1.55. The second-order valence-corrected chi connectivity index (χ2v) is 4.63. The molecule has 0 amide bonds. The SMILES string of the molecule is COc1ccc(CSc2cnc(C)cn2)cc1. The molecule has 0 aliphatic rings. The lowest BCUT2D eigenvalue weighted by molar-refractivity contribution is 0.414. The smallest absolute Gasteiger partial charge is 0.118 e. The van der Waals surface area contributed by atoms with E-state index in [0.29, 0.717) is 0 Å². The minimum Gasteiger partial charge on any atom is -0.497 e. The standard InChI is InChI=1S/C13H14N2OS/c1-10-7-15-13(8-14-10)17-9-11-3-5-12(16-2)6-4-11/h3-8H,9H2,1-2H3. The number of hydrogen-bond acceptors (Lipinski definition) is 4. The molecule has 0 unspecified atom stereocenters. The van der Waals surface area contributed by atoms with Crippen molar-refractivity contribution in [3.05, 3.63) is 47.9 Å². The van der Waals surface area contributed by atoms with Gasteiger partial charge in [-0.1, -0.05) is 12.1 Å². The Labute approximate surface area is 105 Å². The van der Waals surface area contributed by atoms with Crippen molar-refractivity contribution in [1.29, 1.82) is 0 Å². The molecule has 4 heteroatoms. The number of aryl methyl sites for hydroxylation is 1. The van der Waals surface area contributed by atoms with Crippen LogP contribution in [0.15, 0.2) is 41.7 Å².